The minimum Gasteiger partial charge on any atom is -0.324 e. The van der Waals surface area contributed by atoms with Gasteiger partial charge in [0.05, 0.1) is 17.8 Å². The number of hydrogen-bond acceptors (Lipinski definition) is 2. The van der Waals surface area contributed by atoms with Gasteiger partial charge in [-0.05, 0) is 18.6 Å². The van der Waals surface area contributed by atoms with E-state index >= 15 is 0 Å². The van der Waals surface area contributed by atoms with Crippen LogP contribution in [0.2, 0.25) is 0 Å². The largest absolute Gasteiger partial charge is 0.324 e. The second-order valence-corrected chi connectivity index (χ2v) is 3.27. The van der Waals surface area contributed by atoms with Crippen molar-refractivity contribution in [1.82, 2.24) is 0 Å². The Labute approximate surface area is 82.9 Å². The summed E-state index contributed by atoms with van der Waals surface area (Å²) in [4.78, 5) is 15.9. The molecule has 0 saturated heterocycles. The van der Waals surface area contributed by atoms with E-state index in [0.29, 0.717) is 6.42 Å². The standard InChI is InChI=1S/C11H12N2O/c1-2-8-7-11(14)13-10-6-4-3-5-9(10)12-8/h3-6H,2,7H2,1H3,(H,13,14). The fraction of sp³-hybridized carbons (Fsp3) is 0.273. The smallest absolute Gasteiger partial charge is 0.230 e. The molecule has 1 aliphatic rings. The number of hydrogen-bond donors (Lipinski definition) is 1. The SMILES string of the molecule is CCC1=Nc2ccccc2NC(=O)C1. The van der Waals surface area contributed by atoms with E-state index in [1.165, 1.54) is 0 Å². The van der Waals surface area contributed by atoms with Crippen LogP contribution in [0.3, 0.4) is 0 Å². The first kappa shape index (κ1) is 8.94. The third kappa shape index (κ3) is 1.66. The highest BCUT2D eigenvalue weighted by Crippen LogP contribution is 2.27. The summed E-state index contributed by atoms with van der Waals surface area (Å²) in [5, 5.41) is 2.83. The number of anilines is 1. The minimum atomic E-state index is 0.0237. The van der Waals surface area contributed by atoms with Crippen LogP contribution in [0.4, 0.5) is 11.4 Å². The first-order chi connectivity index (χ1) is 6.79. The van der Waals surface area contributed by atoms with E-state index in [-0.39, 0.29) is 5.91 Å². The lowest BCUT2D eigenvalue weighted by molar-refractivity contribution is -0.115. The number of fused-ring (bicyclic) bond motifs is 1. The molecule has 1 aromatic rings. The summed E-state index contributed by atoms with van der Waals surface area (Å²) in [5.74, 6) is 0.0237. The van der Waals surface area contributed by atoms with Gasteiger partial charge in [0.15, 0.2) is 0 Å². The first-order valence-corrected chi connectivity index (χ1v) is 4.75. The Kier molecular flexibility index (Phi) is 2.31. The van der Waals surface area contributed by atoms with Gasteiger partial charge in [-0.25, -0.2) is 0 Å². The Morgan fingerprint density at radius 2 is 2.21 bits per heavy atom. The molecule has 72 valence electrons. The van der Waals surface area contributed by atoms with Crippen molar-refractivity contribution in [3.8, 4) is 0 Å². The molecule has 2 rings (SSSR count). The lowest BCUT2D eigenvalue weighted by atomic mass is 10.2. The molecule has 0 fully saturated rings. The summed E-state index contributed by atoms with van der Waals surface area (Å²) >= 11 is 0. The van der Waals surface area contributed by atoms with Crippen molar-refractivity contribution < 1.29 is 4.79 Å². The van der Waals surface area contributed by atoms with Gasteiger partial charge in [-0.2, -0.15) is 0 Å². The molecule has 0 saturated carbocycles. The Hall–Kier alpha value is -1.64. The van der Waals surface area contributed by atoms with Gasteiger partial charge in [-0.1, -0.05) is 19.1 Å². The monoisotopic (exact) mass is 188 g/mol. The van der Waals surface area contributed by atoms with Crippen LogP contribution in [0.25, 0.3) is 0 Å². The molecule has 1 aromatic carbocycles. The molecule has 1 amide bonds. The lowest BCUT2D eigenvalue weighted by Crippen LogP contribution is -2.13. The van der Waals surface area contributed by atoms with E-state index in [9.17, 15) is 4.79 Å². The van der Waals surface area contributed by atoms with Crippen molar-refractivity contribution in [2.75, 3.05) is 5.32 Å². The molecule has 0 spiro atoms. The van der Waals surface area contributed by atoms with Gasteiger partial charge in [0.25, 0.3) is 0 Å². The third-order valence-electron chi connectivity index (χ3n) is 2.23. The number of nitrogens with one attached hydrogen (secondary N) is 1. The van der Waals surface area contributed by atoms with Crippen molar-refractivity contribution in [1.29, 1.82) is 0 Å². The minimum absolute atomic E-state index is 0.0237. The molecule has 3 nitrogen and oxygen atoms in total. The number of amides is 1. The maximum Gasteiger partial charge on any atom is 0.230 e. The Bertz CT molecular complexity index is 396. The van der Waals surface area contributed by atoms with E-state index in [1.807, 2.05) is 31.2 Å². The van der Waals surface area contributed by atoms with Crippen LogP contribution < -0.4 is 5.32 Å². The van der Waals surface area contributed by atoms with E-state index in [0.717, 1.165) is 23.5 Å². The summed E-state index contributed by atoms with van der Waals surface area (Å²) in [6, 6.07) is 7.60. The predicted octanol–water partition coefficient (Wildman–Crippen LogP) is 2.51. The average Bonchev–Trinajstić information content (AvgIpc) is 2.35. The maximum absolute atomic E-state index is 11.4. The zero-order valence-electron chi connectivity index (χ0n) is 8.08. The molecule has 1 heterocycles. The third-order valence-corrected chi connectivity index (χ3v) is 2.23. The quantitative estimate of drug-likeness (QED) is 0.722. The van der Waals surface area contributed by atoms with Crippen molar-refractivity contribution >= 4 is 23.0 Å². The maximum atomic E-state index is 11.4. The van der Waals surface area contributed by atoms with Crippen LogP contribution in [-0.2, 0) is 4.79 Å². The van der Waals surface area contributed by atoms with Crippen LogP contribution in [0.1, 0.15) is 19.8 Å². The van der Waals surface area contributed by atoms with E-state index < -0.39 is 0 Å². The van der Waals surface area contributed by atoms with Crippen LogP contribution in [0.5, 0.6) is 0 Å². The molecule has 1 aliphatic heterocycles. The fourth-order valence-electron chi connectivity index (χ4n) is 1.47. The molecule has 0 unspecified atom stereocenters. The Morgan fingerprint density at radius 3 is 3.00 bits per heavy atom. The van der Waals surface area contributed by atoms with Gasteiger partial charge in [0.1, 0.15) is 0 Å². The van der Waals surface area contributed by atoms with Gasteiger partial charge < -0.3 is 5.32 Å². The molecule has 3 heteroatoms. The summed E-state index contributed by atoms with van der Waals surface area (Å²) in [6.07, 6.45) is 1.23. The fourth-order valence-corrected chi connectivity index (χ4v) is 1.47. The Balaban J connectivity index is 2.47. The van der Waals surface area contributed by atoms with Crippen LogP contribution in [0, 0.1) is 0 Å². The predicted molar refractivity (Wildman–Crippen MR) is 57.1 cm³/mol. The second-order valence-electron chi connectivity index (χ2n) is 3.27. The number of para-hydroxylation sites is 2. The van der Waals surface area contributed by atoms with Crippen LogP contribution in [-0.4, -0.2) is 11.6 Å². The van der Waals surface area contributed by atoms with Gasteiger partial charge in [0.2, 0.25) is 5.91 Å². The molecule has 0 aromatic heterocycles. The van der Waals surface area contributed by atoms with Crippen LogP contribution >= 0.6 is 0 Å². The van der Waals surface area contributed by atoms with E-state index in [1.54, 1.807) is 0 Å². The highest BCUT2D eigenvalue weighted by molar-refractivity contribution is 6.10. The van der Waals surface area contributed by atoms with Crippen molar-refractivity contribution in [2.45, 2.75) is 19.8 Å². The van der Waals surface area contributed by atoms with Gasteiger partial charge >= 0.3 is 0 Å². The molecular weight excluding hydrogens is 176 g/mol. The summed E-state index contributed by atoms with van der Waals surface area (Å²) in [6.45, 7) is 2.01. The first-order valence-electron chi connectivity index (χ1n) is 4.75. The average molecular weight is 188 g/mol. The summed E-state index contributed by atoms with van der Waals surface area (Å²) < 4.78 is 0. The van der Waals surface area contributed by atoms with Crippen molar-refractivity contribution in [3.63, 3.8) is 0 Å². The number of carbonyl (C=O) groups excluding carboxylic acids is 1. The topological polar surface area (TPSA) is 41.5 Å². The van der Waals surface area contributed by atoms with E-state index in [4.69, 9.17) is 0 Å². The normalized spacial score (nSPS) is 15.2. The van der Waals surface area contributed by atoms with Gasteiger partial charge in [-0.3, -0.25) is 9.79 Å². The zero-order chi connectivity index (χ0) is 9.97. The van der Waals surface area contributed by atoms with Crippen molar-refractivity contribution in [3.05, 3.63) is 24.3 Å². The lowest BCUT2D eigenvalue weighted by Gasteiger charge is -2.02. The van der Waals surface area contributed by atoms with Gasteiger partial charge in [-0.15, -0.1) is 0 Å². The number of benzene rings is 1. The van der Waals surface area contributed by atoms with E-state index in [2.05, 4.69) is 10.3 Å². The number of nitrogens with zero attached hydrogens (tertiary/aromatic N) is 1. The molecular formula is C11H12N2O. The molecule has 0 bridgehead atoms. The van der Waals surface area contributed by atoms with Crippen LogP contribution in [0.15, 0.2) is 29.3 Å². The Morgan fingerprint density at radius 1 is 1.43 bits per heavy atom. The number of rotatable bonds is 1. The summed E-state index contributed by atoms with van der Waals surface area (Å²) in [5.41, 5.74) is 2.60. The molecule has 14 heavy (non-hydrogen) atoms. The number of aliphatic imine (C=N–C) groups is 1. The highest BCUT2D eigenvalue weighted by Gasteiger charge is 2.13. The zero-order valence-corrected chi connectivity index (χ0v) is 8.08. The molecule has 1 N–H and O–H groups in total. The highest BCUT2D eigenvalue weighted by atomic mass is 16.1. The molecule has 0 atom stereocenters. The van der Waals surface area contributed by atoms with Crippen molar-refractivity contribution in [2.24, 2.45) is 4.99 Å². The second kappa shape index (κ2) is 3.62. The van der Waals surface area contributed by atoms with Gasteiger partial charge in [0, 0.05) is 5.71 Å². The summed E-state index contributed by atoms with van der Waals surface area (Å²) in [7, 11) is 0. The molecule has 0 radical (unpaired) electrons. The molecule has 0 aliphatic carbocycles. The number of carbonyl (C=O) groups is 1.